The fourth-order valence-corrected chi connectivity index (χ4v) is 1.85. The van der Waals surface area contributed by atoms with Crippen LogP contribution in [0.2, 0.25) is 0 Å². The molecule has 2 rings (SSSR count). The number of nitrogens with one attached hydrogen (secondary N) is 1. The summed E-state index contributed by atoms with van der Waals surface area (Å²) < 4.78 is 7.17. The molecular weight excluding hydrogens is 266 g/mol. The molecule has 112 valence electrons. The number of aromatic nitrogens is 2. The first kappa shape index (κ1) is 15.1. The monoisotopic (exact) mass is 287 g/mol. The fraction of sp³-hybridized carbons (Fsp3) is 0.375. The van der Waals surface area contributed by atoms with Gasteiger partial charge in [0.25, 0.3) is 0 Å². The molecule has 0 bridgehead atoms. The summed E-state index contributed by atoms with van der Waals surface area (Å²) in [5.74, 6) is 0. The van der Waals surface area contributed by atoms with Crippen LogP contribution in [0.15, 0.2) is 36.7 Å². The Labute approximate surface area is 124 Å². The normalized spacial score (nSPS) is 12.0. The Hall–Kier alpha value is -2.30. The van der Waals surface area contributed by atoms with E-state index in [1.54, 1.807) is 0 Å². The van der Waals surface area contributed by atoms with E-state index in [9.17, 15) is 4.79 Å². The molecule has 0 saturated carbocycles. The summed E-state index contributed by atoms with van der Waals surface area (Å²) >= 11 is 0. The topological polar surface area (TPSA) is 55.6 Å². The van der Waals surface area contributed by atoms with Gasteiger partial charge >= 0.3 is 6.09 Å². The minimum atomic E-state index is -0.462. The molecule has 0 aliphatic carbocycles. The van der Waals surface area contributed by atoms with Crippen molar-refractivity contribution in [1.82, 2.24) is 14.7 Å². The molecule has 1 N–H and O–H groups in total. The highest BCUT2D eigenvalue weighted by atomic mass is 16.6. The second-order valence-corrected chi connectivity index (χ2v) is 5.73. The maximum absolute atomic E-state index is 11.5. The molecule has 2 aromatic rings. The molecule has 0 aliphatic heterocycles. The van der Waals surface area contributed by atoms with Crippen LogP contribution in [-0.2, 0) is 4.74 Å². The van der Waals surface area contributed by atoms with Gasteiger partial charge in [-0.3, -0.25) is 0 Å². The molecule has 1 amide bonds. The van der Waals surface area contributed by atoms with Crippen LogP contribution in [0.4, 0.5) is 4.79 Å². The summed E-state index contributed by atoms with van der Waals surface area (Å²) in [6.07, 6.45) is 8.16. The quantitative estimate of drug-likeness (QED) is 0.878. The van der Waals surface area contributed by atoms with E-state index in [0.29, 0.717) is 6.54 Å². The molecule has 0 unspecified atom stereocenters. The van der Waals surface area contributed by atoms with Crippen LogP contribution in [0.1, 0.15) is 32.9 Å². The van der Waals surface area contributed by atoms with Crippen molar-refractivity contribution in [3.8, 4) is 0 Å². The highest BCUT2D eigenvalue weighted by Crippen LogP contribution is 2.08. The van der Waals surface area contributed by atoms with E-state index in [0.717, 1.165) is 17.8 Å². The Bertz CT molecular complexity index is 638. The first-order chi connectivity index (χ1) is 9.96. The number of alkyl carbamates (subject to hydrolysis) is 1. The lowest BCUT2D eigenvalue weighted by Crippen LogP contribution is -2.32. The van der Waals surface area contributed by atoms with Gasteiger partial charge in [0, 0.05) is 12.7 Å². The number of ether oxygens (including phenoxy) is 1. The van der Waals surface area contributed by atoms with Crippen LogP contribution in [-0.4, -0.2) is 27.6 Å². The Morgan fingerprint density at radius 3 is 3.00 bits per heavy atom. The third-order valence-electron chi connectivity index (χ3n) is 2.71. The summed E-state index contributed by atoms with van der Waals surface area (Å²) in [5, 5.41) is 2.72. The highest BCUT2D eigenvalue weighted by molar-refractivity contribution is 5.67. The number of amides is 1. The molecule has 0 aliphatic rings. The molecule has 2 heterocycles. The number of pyridine rings is 1. The lowest BCUT2D eigenvalue weighted by molar-refractivity contribution is 0.0529. The highest BCUT2D eigenvalue weighted by Gasteiger charge is 2.15. The maximum atomic E-state index is 11.5. The van der Waals surface area contributed by atoms with Gasteiger partial charge in [-0.25, -0.2) is 9.78 Å². The number of rotatable bonds is 4. The van der Waals surface area contributed by atoms with Crippen molar-refractivity contribution in [2.45, 2.75) is 32.8 Å². The van der Waals surface area contributed by atoms with E-state index in [2.05, 4.69) is 10.3 Å². The first-order valence-electron chi connectivity index (χ1n) is 7.01. The molecule has 5 heteroatoms. The van der Waals surface area contributed by atoms with Crippen LogP contribution in [0.5, 0.6) is 0 Å². The van der Waals surface area contributed by atoms with Crippen LogP contribution in [0.3, 0.4) is 0 Å². The summed E-state index contributed by atoms with van der Waals surface area (Å²) in [4.78, 5) is 15.8. The lowest BCUT2D eigenvalue weighted by Gasteiger charge is -2.19. The number of carbonyl (C=O) groups excluding carboxylic acids is 1. The standard InChI is InChI=1S/C16H21N3O2/c1-16(2,3)21-15(20)17-10-6-4-8-13-12-18-14-9-5-7-11-19(13)14/h4-5,7-9,11-12H,6,10H2,1-3H3,(H,17,20). The molecule has 0 saturated heterocycles. The van der Waals surface area contributed by atoms with Crippen molar-refractivity contribution in [2.24, 2.45) is 0 Å². The average molecular weight is 287 g/mol. The van der Waals surface area contributed by atoms with E-state index in [1.807, 2.05) is 67.9 Å². The zero-order valence-electron chi connectivity index (χ0n) is 12.7. The summed E-state index contributed by atoms with van der Waals surface area (Å²) in [6.45, 7) is 6.08. The Morgan fingerprint density at radius 2 is 2.24 bits per heavy atom. The SMILES string of the molecule is CC(C)(C)OC(=O)NCCC=Cc1cnc2ccccn12. The molecule has 2 aromatic heterocycles. The summed E-state index contributed by atoms with van der Waals surface area (Å²) in [5.41, 5.74) is 1.48. The van der Waals surface area contributed by atoms with Crippen molar-refractivity contribution in [1.29, 1.82) is 0 Å². The molecule has 0 spiro atoms. The second-order valence-electron chi connectivity index (χ2n) is 5.73. The van der Waals surface area contributed by atoms with E-state index in [4.69, 9.17) is 4.74 Å². The van der Waals surface area contributed by atoms with Crippen molar-refractivity contribution in [3.63, 3.8) is 0 Å². The Morgan fingerprint density at radius 1 is 1.43 bits per heavy atom. The fourth-order valence-electron chi connectivity index (χ4n) is 1.85. The van der Waals surface area contributed by atoms with Crippen molar-refractivity contribution >= 4 is 17.8 Å². The van der Waals surface area contributed by atoms with Gasteiger partial charge in [-0.15, -0.1) is 0 Å². The third-order valence-corrected chi connectivity index (χ3v) is 2.71. The molecule has 0 atom stereocenters. The van der Waals surface area contributed by atoms with Crippen molar-refractivity contribution < 1.29 is 9.53 Å². The zero-order valence-corrected chi connectivity index (χ0v) is 12.7. The van der Waals surface area contributed by atoms with Gasteiger partial charge < -0.3 is 14.5 Å². The minimum absolute atomic E-state index is 0.384. The largest absolute Gasteiger partial charge is 0.444 e. The van der Waals surface area contributed by atoms with Gasteiger partial charge in [0.1, 0.15) is 11.2 Å². The number of carbonyl (C=O) groups is 1. The lowest BCUT2D eigenvalue weighted by atomic mass is 10.2. The molecule has 21 heavy (non-hydrogen) atoms. The second kappa shape index (κ2) is 6.43. The van der Waals surface area contributed by atoms with E-state index < -0.39 is 5.60 Å². The van der Waals surface area contributed by atoms with Crippen molar-refractivity contribution in [2.75, 3.05) is 6.54 Å². The summed E-state index contributed by atoms with van der Waals surface area (Å²) in [7, 11) is 0. The van der Waals surface area contributed by atoms with E-state index in [1.165, 1.54) is 0 Å². The predicted molar refractivity (Wildman–Crippen MR) is 83.1 cm³/mol. The molecule has 5 nitrogen and oxygen atoms in total. The van der Waals surface area contributed by atoms with Gasteiger partial charge in [0.2, 0.25) is 0 Å². The number of imidazole rings is 1. The van der Waals surface area contributed by atoms with Gasteiger partial charge in [-0.1, -0.05) is 12.1 Å². The van der Waals surface area contributed by atoms with Gasteiger partial charge in [0.05, 0.1) is 11.9 Å². The number of hydrogen-bond donors (Lipinski definition) is 1. The van der Waals surface area contributed by atoms with Gasteiger partial charge in [-0.2, -0.15) is 0 Å². The minimum Gasteiger partial charge on any atom is -0.444 e. The number of nitrogens with zero attached hydrogens (tertiary/aromatic N) is 2. The number of fused-ring (bicyclic) bond motifs is 1. The van der Waals surface area contributed by atoms with Gasteiger partial charge in [-0.05, 0) is 45.4 Å². The molecular formula is C16H21N3O2. The van der Waals surface area contributed by atoms with E-state index in [-0.39, 0.29) is 6.09 Å². The third kappa shape index (κ3) is 4.63. The Kier molecular flexibility index (Phi) is 4.62. The van der Waals surface area contributed by atoms with Crippen LogP contribution >= 0.6 is 0 Å². The average Bonchev–Trinajstić information content (AvgIpc) is 2.80. The smallest absolute Gasteiger partial charge is 0.407 e. The molecule has 0 aromatic carbocycles. The number of hydrogen-bond acceptors (Lipinski definition) is 3. The van der Waals surface area contributed by atoms with Crippen LogP contribution in [0, 0.1) is 0 Å². The predicted octanol–water partition coefficient (Wildman–Crippen LogP) is 3.26. The summed E-state index contributed by atoms with van der Waals surface area (Å²) in [6, 6.07) is 5.89. The maximum Gasteiger partial charge on any atom is 0.407 e. The van der Waals surface area contributed by atoms with Gasteiger partial charge in [0.15, 0.2) is 0 Å². The van der Waals surface area contributed by atoms with E-state index >= 15 is 0 Å². The Balaban J connectivity index is 1.80. The van der Waals surface area contributed by atoms with Crippen molar-refractivity contribution in [3.05, 3.63) is 42.4 Å². The molecule has 0 fully saturated rings. The molecule has 0 radical (unpaired) electrons. The van der Waals surface area contributed by atoms with Crippen LogP contribution in [0.25, 0.3) is 11.7 Å². The zero-order chi connectivity index (χ0) is 15.3. The first-order valence-corrected chi connectivity index (χ1v) is 7.01. The van der Waals surface area contributed by atoms with Crippen LogP contribution < -0.4 is 5.32 Å².